The summed E-state index contributed by atoms with van der Waals surface area (Å²) in [5.41, 5.74) is 5.59. The number of hydrogen-bond acceptors (Lipinski definition) is 4. The molecule has 0 fully saturated rings. The average molecular weight is 224 g/mol. The summed E-state index contributed by atoms with van der Waals surface area (Å²) in [5.74, 6) is 0.328. The molecule has 0 amide bonds. The number of benzene rings is 1. The van der Waals surface area contributed by atoms with Gasteiger partial charge in [-0.2, -0.15) is 8.42 Å². The van der Waals surface area contributed by atoms with Crippen LogP contribution in [0.3, 0.4) is 0 Å². The molecule has 15 heavy (non-hydrogen) atoms. The molecule has 0 aliphatic carbocycles. The Bertz CT molecular complexity index is 622. The van der Waals surface area contributed by atoms with Crippen LogP contribution in [0.25, 0.3) is 10.8 Å². The SMILES string of the molecule is Nc1nccc2cc(S(=O)(=O)O)ccc12. The number of fused-ring (bicyclic) bond motifs is 1. The van der Waals surface area contributed by atoms with Gasteiger partial charge < -0.3 is 5.73 Å². The van der Waals surface area contributed by atoms with Crippen LogP contribution in [0.15, 0.2) is 35.4 Å². The quantitative estimate of drug-likeness (QED) is 0.706. The van der Waals surface area contributed by atoms with Crippen molar-refractivity contribution < 1.29 is 13.0 Å². The maximum atomic E-state index is 10.9. The van der Waals surface area contributed by atoms with Crippen LogP contribution in [0, 0.1) is 0 Å². The first-order valence-electron chi connectivity index (χ1n) is 4.10. The number of nitrogens with zero attached hydrogens (tertiary/aromatic N) is 1. The molecule has 3 N–H and O–H groups in total. The molecule has 0 saturated heterocycles. The molecule has 0 saturated carbocycles. The molecular weight excluding hydrogens is 216 g/mol. The predicted molar refractivity (Wildman–Crippen MR) is 56.0 cm³/mol. The first kappa shape index (κ1) is 9.88. The summed E-state index contributed by atoms with van der Waals surface area (Å²) < 4.78 is 30.6. The second-order valence-electron chi connectivity index (χ2n) is 3.05. The Morgan fingerprint density at radius 1 is 1.27 bits per heavy atom. The van der Waals surface area contributed by atoms with E-state index in [1.54, 1.807) is 6.07 Å². The Hall–Kier alpha value is -1.66. The lowest BCUT2D eigenvalue weighted by atomic mass is 10.2. The van der Waals surface area contributed by atoms with E-state index in [1.165, 1.54) is 24.4 Å². The lowest BCUT2D eigenvalue weighted by Crippen LogP contribution is -1.98. The molecule has 0 spiro atoms. The van der Waals surface area contributed by atoms with Crippen molar-refractivity contribution in [1.29, 1.82) is 0 Å². The third-order valence-corrected chi connectivity index (χ3v) is 2.91. The van der Waals surface area contributed by atoms with E-state index in [0.717, 1.165) is 0 Å². The largest absolute Gasteiger partial charge is 0.383 e. The molecule has 5 nitrogen and oxygen atoms in total. The minimum atomic E-state index is -4.17. The standard InChI is InChI=1S/C9H8N2O3S/c10-9-8-2-1-7(15(12,13)14)5-6(8)3-4-11-9/h1-5H,(H2,10,11)(H,12,13,14). The van der Waals surface area contributed by atoms with Gasteiger partial charge in [0, 0.05) is 11.6 Å². The average Bonchev–Trinajstić information content (AvgIpc) is 2.16. The Kier molecular flexibility index (Phi) is 2.09. The van der Waals surface area contributed by atoms with Gasteiger partial charge in [0.1, 0.15) is 5.82 Å². The zero-order valence-corrected chi connectivity index (χ0v) is 8.40. The highest BCUT2D eigenvalue weighted by atomic mass is 32.2. The van der Waals surface area contributed by atoms with Crippen LogP contribution in [-0.4, -0.2) is 18.0 Å². The molecule has 1 heterocycles. The van der Waals surface area contributed by atoms with Crippen molar-refractivity contribution in [3.8, 4) is 0 Å². The van der Waals surface area contributed by atoms with E-state index in [9.17, 15) is 8.42 Å². The number of anilines is 1. The fourth-order valence-electron chi connectivity index (χ4n) is 1.34. The zero-order chi connectivity index (χ0) is 11.1. The smallest absolute Gasteiger partial charge is 0.294 e. The van der Waals surface area contributed by atoms with E-state index in [0.29, 0.717) is 16.6 Å². The summed E-state index contributed by atoms with van der Waals surface area (Å²) in [4.78, 5) is 3.71. The molecule has 0 unspecified atom stereocenters. The van der Waals surface area contributed by atoms with Gasteiger partial charge in [-0.1, -0.05) is 0 Å². The predicted octanol–water partition coefficient (Wildman–Crippen LogP) is 1.06. The van der Waals surface area contributed by atoms with Crippen molar-refractivity contribution >= 4 is 26.7 Å². The zero-order valence-electron chi connectivity index (χ0n) is 7.58. The highest BCUT2D eigenvalue weighted by molar-refractivity contribution is 7.85. The number of rotatable bonds is 1. The lowest BCUT2D eigenvalue weighted by molar-refractivity contribution is 0.483. The van der Waals surface area contributed by atoms with Gasteiger partial charge >= 0.3 is 0 Å². The first-order chi connectivity index (χ1) is 6.98. The Balaban J connectivity index is 2.79. The molecule has 0 atom stereocenters. The maximum Gasteiger partial charge on any atom is 0.294 e. The van der Waals surface area contributed by atoms with Crippen LogP contribution in [0.4, 0.5) is 5.82 Å². The third kappa shape index (κ3) is 1.77. The fourth-order valence-corrected chi connectivity index (χ4v) is 1.86. The van der Waals surface area contributed by atoms with E-state index < -0.39 is 10.1 Å². The fraction of sp³-hybridized carbons (Fsp3) is 0. The van der Waals surface area contributed by atoms with Crippen molar-refractivity contribution in [1.82, 2.24) is 4.98 Å². The van der Waals surface area contributed by atoms with Crippen molar-refractivity contribution in [3.05, 3.63) is 30.5 Å². The van der Waals surface area contributed by atoms with Gasteiger partial charge in [-0.15, -0.1) is 0 Å². The van der Waals surface area contributed by atoms with E-state index in [1.807, 2.05) is 0 Å². The first-order valence-corrected chi connectivity index (χ1v) is 5.54. The highest BCUT2D eigenvalue weighted by Crippen LogP contribution is 2.21. The normalized spacial score (nSPS) is 11.8. The van der Waals surface area contributed by atoms with Crippen molar-refractivity contribution in [3.63, 3.8) is 0 Å². The van der Waals surface area contributed by atoms with Crippen molar-refractivity contribution in [2.45, 2.75) is 4.90 Å². The Labute approximate surface area is 86.3 Å². The molecular formula is C9H8N2O3S. The van der Waals surface area contributed by atoms with Gasteiger partial charge in [0.25, 0.3) is 10.1 Å². The van der Waals surface area contributed by atoms with Gasteiger partial charge in [-0.3, -0.25) is 4.55 Å². The molecule has 2 aromatic rings. The summed E-state index contributed by atoms with van der Waals surface area (Å²) in [6.07, 6.45) is 1.48. The number of pyridine rings is 1. The van der Waals surface area contributed by atoms with E-state index in [2.05, 4.69) is 4.98 Å². The summed E-state index contributed by atoms with van der Waals surface area (Å²) in [6.45, 7) is 0. The Morgan fingerprint density at radius 3 is 2.67 bits per heavy atom. The molecule has 2 rings (SSSR count). The minimum absolute atomic E-state index is 0.152. The van der Waals surface area contributed by atoms with E-state index in [-0.39, 0.29) is 4.90 Å². The van der Waals surface area contributed by atoms with Crippen LogP contribution < -0.4 is 5.73 Å². The van der Waals surface area contributed by atoms with Gasteiger partial charge in [0.05, 0.1) is 4.90 Å². The van der Waals surface area contributed by atoms with Crippen molar-refractivity contribution in [2.24, 2.45) is 0 Å². The molecule has 1 aromatic carbocycles. The topological polar surface area (TPSA) is 93.3 Å². The monoisotopic (exact) mass is 224 g/mol. The van der Waals surface area contributed by atoms with Crippen LogP contribution >= 0.6 is 0 Å². The van der Waals surface area contributed by atoms with Crippen LogP contribution in [0.1, 0.15) is 0 Å². The summed E-state index contributed by atoms with van der Waals surface area (Å²) in [5, 5.41) is 1.28. The van der Waals surface area contributed by atoms with Crippen LogP contribution in [0.5, 0.6) is 0 Å². The van der Waals surface area contributed by atoms with Crippen molar-refractivity contribution in [2.75, 3.05) is 5.73 Å². The maximum absolute atomic E-state index is 10.9. The summed E-state index contributed by atoms with van der Waals surface area (Å²) in [7, 11) is -4.17. The molecule has 78 valence electrons. The second-order valence-corrected chi connectivity index (χ2v) is 4.48. The van der Waals surface area contributed by atoms with Gasteiger partial charge in [0.2, 0.25) is 0 Å². The molecule has 0 aliphatic rings. The molecule has 0 aliphatic heterocycles. The number of hydrogen-bond donors (Lipinski definition) is 2. The van der Waals surface area contributed by atoms with Gasteiger partial charge in [0.15, 0.2) is 0 Å². The lowest BCUT2D eigenvalue weighted by Gasteiger charge is -2.02. The summed E-state index contributed by atoms with van der Waals surface area (Å²) in [6, 6.07) is 5.78. The number of aromatic nitrogens is 1. The highest BCUT2D eigenvalue weighted by Gasteiger charge is 2.10. The van der Waals surface area contributed by atoms with Crippen LogP contribution in [-0.2, 0) is 10.1 Å². The van der Waals surface area contributed by atoms with Crippen LogP contribution in [0.2, 0.25) is 0 Å². The molecule has 0 bridgehead atoms. The molecule has 6 heteroatoms. The van der Waals surface area contributed by atoms with Gasteiger partial charge in [-0.25, -0.2) is 4.98 Å². The number of nitrogen functional groups attached to an aromatic ring is 1. The number of nitrogens with two attached hydrogens (primary N) is 1. The minimum Gasteiger partial charge on any atom is -0.383 e. The Morgan fingerprint density at radius 2 is 2.00 bits per heavy atom. The van der Waals surface area contributed by atoms with E-state index >= 15 is 0 Å². The summed E-state index contributed by atoms with van der Waals surface area (Å²) >= 11 is 0. The van der Waals surface area contributed by atoms with E-state index in [4.69, 9.17) is 10.3 Å². The third-order valence-electron chi connectivity index (χ3n) is 2.06. The molecule has 0 radical (unpaired) electrons. The van der Waals surface area contributed by atoms with Gasteiger partial charge in [-0.05, 0) is 29.7 Å². The second kappa shape index (κ2) is 3.18. The molecule has 1 aromatic heterocycles.